The van der Waals surface area contributed by atoms with Crippen molar-refractivity contribution in [3.8, 4) is 0 Å². The summed E-state index contributed by atoms with van der Waals surface area (Å²) in [7, 11) is 0. The van der Waals surface area contributed by atoms with Gasteiger partial charge >= 0.3 is 5.97 Å². The highest BCUT2D eigenvalue weighted by atomic mass is 35.5. The first-order valence-corrected chi connectivity index (χ1v) is 7.44. The Hall–Kier alpha value is -0.440. The molecule has 1 saturated carbocycles. The van der Waals surface area contributed by atoms with Crippen molar-refractivity contribution in [1.82, 2.24) is 0 Å². The monoisotopic (exact) mass is 320 g/mol. The highest BCUT2D eigenvalue weighted by Gasteiger charge is 2.26. The predicted molar refractivity (Wildman–Crippen MR) is 78.3 cm³/mol. The molecular weight excluding hydrogens is 307 g/mol. The van der Waals surface area contributed by atoms with Crippen LogP contribution in [0.25, 0.3) is 0 Å². The number of halogens is 3. The van der Waals surface area contributed by atoms with Gasteiger partial charge in [-0.2, -0.15) is 0 Å². The molecule has 0 saturated heterocycles. The van der Waals surface area contributed by atoms with Crippen LogP contribution in [0.4, 0.5) is 0 Å². The Morgan fingerprint density at radius 2 is 2.05 bits per heavy atom. The molecule has 0 amide bonds. The van der Waals surface area contributed by atoms with Gasteiger partial charge in [-0.25, -0.2) is 4.79 Å². The maximum Gasteiger partial charge on any atom is 0.339 e. The number of carbonyl (C=O) groups excluding carboxylic acids is 1. The molecule has 1 aliphatic carbocycles. The fourth-order valence-corrected chi connectivity index (χ4v) is 2.93. The van der Waals surface area contributed by atoms with Gasteiger partial charge in [0.25, 0.3) is 0 Å². The van der Waals surface area contributed by atoms with Gasteiger partial charge in [0.1, 0.15) is 0 Å². The molecule has 2 rings (SSSR count). The van der Waals surface area contributed by atoms with Gasteiger partial charge in [-0.05, 0) is 36.8 Å². The first-order chi connectivity index (χ1) is 8.99. The summed E-state index contributed by atoms with van der Waals surface area (Å²) in [6.07, 6.45) is 3.40. The maximum atomic E-state index is 11.9. The Morgan fingerprint density at radius 3 is 2.63 bits per heavy atom. The third-order valence-electron chi connectivity index (χ3n) is 3.73. The summed E-state index contributed by atoms with van der Waals surface area (Å²) < 4.78 is 5.23. The summed E-state index contributed by atoms with van der Waals surface area (Å²) >= 11 is 17.7. The van der Waals surface area contributed by atoms with Crippen LogP contribution in [0.1, 0.15) is 36.5 Å². The average molecular weight is 322 g/mol. The molecule has 1 aromatic carbocycles. The lowest BCUT2D eigenvalue weighted by Crippen LogP contribution is -2.24. The normalized spacial score (nSPS) is 21.9. The van der Waals surface area contributed by atoms with Gasteiger partial charge in [0.05, 0.1) is 22.2 Å². The van der Waals surface area contributed by atoms with E-state index >= 15 is 0 Å². The molecule has 1 aliphatic rings. The van der Waals surface area contributed by atoms with Crippen molar-refractivity contribution in [1.29, 1.82) is 0 Å². The number of hydrogen-bond acceptors (Lipinski definition) is 2. The third-order valence-corrected chi connectivity index (χ3v) is 4.75. The Labute approximate surface area is 128 Å². The van der Waals surface area contributed by atoms with E-state index in [0.717, 1.165) is 12.3 Å². The smallest absolute Gasteiger partial charge is 0.339 e. The van der Waals surface area contributed by atoms with Crippen LogP contribution in [0.3, 0.4) is 0 Å². The molecule has 0 spiro atoms. The van der Waals surface area contributed by atoms with Crippen LogP contribution in [0.5, 0.6) is 0 Å². The van der Waals surface area contributed by atoms with Gasteiger partial charge in [0, 0.05) is 5.02 Å². The van der Waals surface area contributed by atoms with Crippen molar-refractivity contribution in [2.24, 2.45) is 11.8 Å². The molecule has 19 heavy (non-hydrogen) atoms. The van der Waals surface area contributed by atoms with Gasteiger partial charge < -0.3 is 4.74 Å². The average Bonchev–Trinajstić information content (AvgIpc) is 2.36. The molecule has 1 aromatic rings. The molecule has 1 fully saturated rings. The van der Waals surface area contributed by atoms with E-state index in [1.165, 1.54) is 25.0 Å². The molecule has 2 unspecified atom stereocenters. The van der Waals surface area contributed by atoms with E-state index in [4.69, 9.17) is 39.5 Å². The topological polar surface area (TPSA) is 26.3 Å². The standard InChI is InChI=1S/C14H15Cl3O2/c1-8-2-3-9(8)4-5-19-14(18)11-6-10(15)7-12(16)13(11)17/h6-9H,2-5H2,1H3. The van der Waals surface area contributed by atoms with E-state index in [9.17, 15) is 4.79 Å². The van der Waals surface area contributed by atoms with Crippen LogP contribution in [-0.4, -0.2) is 12.6 Å². The van der Waals surface area contributed by atoms with Crippen LogP contribution in [-0.2, 0) is 4.74 Å². The van der Waals surface area contributed by atoms with Crippen LogP contribution in [0.2, 0.25) is 15.1 Å². The van der Waals surface area contributed by atoms with Gasteiger partial charge in [0.15, 0.2) is 0 Å². The van der Waals surface area contributed by atoms with Crippen molar-refractivity contribution in [3.63, 3.8) is 0 Å². The lowest BCUT2D eigenvalue weighted by molar-refractivity contribution is 0.0431. The molecule has 2 nitrogen and oxygen atoms in total. The molecular formula is C14H15Cl3O2. The Balaban J connectivity index is 1.92. The van der Waals surface area contributed by atoms with Crippen LogP contribution >= 0.6 is 34.8 Å². The molecule has 5 heteroatoms. The van der Waals surface area contributed by atoms with Crippen LogP contribution in [0, 0.1) is 11.8 Å². The highest BCUT2D eigenvalue weighted by molar-refractivity contribution is 6.45. The minimum atomic E-state index is -0.471. The minimum absolute atomic E-state index is 0.188. The maximum absolute atomic E-state index is 11.9. The number of carbonyl (C=O) groups is 1. The van der Waals surface area contributed by atoms with Crippen LogP contribution < -0.4 is 0 Å². The van der Waals surface area contributed by atoms with Gasteiger partial charge in [-0.15, -0.1) is 0 Å². The summed E-state index contributed by atoms with van der Waals surface area (Å²) in [5.74, 6) is 0.940. The van der Waals surface area contributed by atoms with E-state index < -0.39 is 5.97 Å². The molecule has 0 N–H and O–H groups in total. The number of rotatable bonds is 4. The number of benzene rings is 1. The second-order valence-corrected chi connectivity index (χ2v) is 6.21. The van der Waals surface area contributed by atoms with Crippen molar-refractivity contribution in [3.05, 3.63) is 32.8 Å². The van der Waals surface area contributed by atoms with E-state index in [-0.39, 0.29) is 15.6 Å². The fourth-order valence-electron chi connectivity index (χ4n) is 2.25. The summed E-state index contributed by atoms with van der Waals surface area (Å²) in [5.41, 5.74) is 0.223. The van der Waals surface area contributed by atoms with Gasteiger partial charge in [-0.1, -0.05) is 48.1 Å². The highest BCUT2D eigenvalue weighted by Crippen LogP contribution is 2.36. The van der Waals surface area contributed by atoms with Gasteiger partial charge in [-0.3, -0.25) is 0 Å². The van der Waals surface area contributed by atoms with E-state index in [2.05, 4.69) is 6.92 Å². The summed E-state index contributed by atoms with van der Waals surface area (Å²) in [6, 6.07) is 2.97. The van der Waals surface area contributed by atoms with Crippen LogP contribution in [0.15, 0.2) is 12.1 Å². The SMILES string of the molecule is CC1CCC1CCOC(=O)c1cc(Cl)cc(Cl)c1Cl. The van der Waals surface area contributed by atoms with Crippen molar-refractivity contribution >= 4 is 40.8 Å². The minimum Gasteiger partial charge on any atom is -0.462 e. The predicted octanol–water partition coefficient (Wildman–Crippen LogP) is 5.24. The second-order valence-electron chi connectivity index (χ2n) is 4.99. The molecule has 0 heterocycles. The van der Waals surface area contributed by atoms with Crippen molar-refractivity contribution in [2.45, 2.75) is 26.2 Å². The first-order valence-electron chi connectivity index (χ1n) is 6.30. The Kier molecular flexibility index (Phi) is 4.99. The second kappa shape index (κ2) is 6.34. The number of ether oxygens (including phenoxy) is 1. The molecule has 0 radical (unpaired) electrons. The number of hydrogen-bond donors (Lipinski definition) is 0. The quantitative estimate of drug-likeness (QED) is 0.560. The van der Waals surface area contributed by atoms with Gasteiger partial charge in [0.2, 0.25) is 0 Å². The molecule has 2 atom stereocenters. The first kappa shape index (κ1) is 15.0. The Morgan fingerprint density at radius 1 is 1.32 bits per heavy atom. The summed E-state index contributed by atoms with van der Waals surface area (Å²) in [6.45, 7) is 2.64. The molecule has 104 valence electrons. The molecule has 0 aromatic heterocycles. The lowest BCUT2D eigenvalue weighted by Gasteiger charge is -2.33. The zero-order valence-corrected chi connectivity index (χ0v) is 12.9. The van der Waals surface area contributed by atoms with E-state index in [0.29, 0.717) is 17.5 Å². The summed E-state index contributed by atoms with van der Waals surface area (Å²) in [5, 5.41) is 0.816. The molecule has 0 bridgehead atoms. The number of esters is 1. The largest absolute Gasteiger partial charge is 0.462 e. The van der Waals surface area contributed by atoms with Crippen molar-refractivity contribution < 1.29 is 9.53 Å². The van der Waals surface area contributed by atoms with Crippen molar-refractivity contribution in [2.75, 3.05) is 6.61 Å². The lowest BCUT2D eigenvalue weighted by atomic mass is 9.73. The van der Waals surface area contributed by atoms with E-state index in [1.807, 2.05) is 0 Å². The third kappa shape index (κ3) is 3.56. The fraction of sp³-hybridized carbons (Fsp3) is 0.500. The summed E-state index contributed by atoms with van der Waals surface area (Å²) in [4.78, 5) is 11.9. The zero-order valence-electron chi connectivity index (χ0n) is 10.6. The Bertz CT molecular complexity index is 488. The zero-order chi connectivity index (χ0) is 14.0. The van der Waals surface area contributed by atoms with E-state index in [1.54, 1.807) is 0 Å². The molecule has 0 aliphatic heterocycles.